The predicted octanol–water partition coefficient (Wildman–Crippen LogP) is 0.240. The summed E-state index contributed by atoms with van der Waals surface area (Å²) in [6, 6.07) is 0.451. The van der Waals surface area contributed by atoms with Crippen LogP contribution in [0.1, 0.15) is 38.5 Å². The largest absolute Gasteiger partial charge is 0.341 e. The van der Waals surface area contributed by atoms with Crippen LogP contribution in [0, 0.1) is 0 Å². The third-order valence-corrected chi connectivity index (χ3v) is 7.85. The smallest absolute Gasteiger partial charge is 0.223 e. The number of nitrogens with zero attached hydrogens (tertiary/aromatic N) is 2. The second-order valence-corrected chi connectivity index (χ2v) is 9.49. The number of nitrogens with one attached hydrogen (secondary N) is 1. The van der Waals surface area contributed by atoms with Crippen molar-refractivity contribution >= 4 is 15.7 Å². The summed E-state index contributed by atoms with van der Waals surface area (Å²) in [5.41, 5.74) is 0. The van der Waals surface area contributed by atoms with Crippen molar-refractivity contribution in [3.05, 3.63) is 0 Å². The van der Waals surface area contributed by atoms with Crippen molar-refractivity contribution in [1.29, 1.82) is 0 Å². The highest BCUT2D eigenvalue weighted by molar-refractivity contribution is 7.92. The van der Waals surface area contributed by atoms with Crippen molar-refractivity contribution in [2.45, 2.75) is 49.8 Å². The molecule has 23 heavy (non-hydrogen) atoms. The summed E-state index contributed by atoms with van der Waals surface area (Å²) in [6.07, 6.45) is 4.76. The molecule has 0 aromatic rings. The molecule has 1 N–H and O–H groups in total. The number of piperazine rings is 1. The molecule has 1 amide bonds. The fourth-order valence-electron chi connectivity index (χ4n) is 4.12. The average Bonchev–Trinajstić information content (AvgIpc) is 3.25. The normalized spacial score (nSPS) is 27.7. The van der Waals surface area contributed by atoms with E-state index in [2.05, 4.69) is 10.2 Å². The zero-order chi connectivity index (χ0) is 16.3. The molecule has 3 rings (SSSR count). The summed E-state index contributed by atoms with van der Waals surface area (Å²) in [7, 11) is -3.08. The van der Waals surface area contributed by atoms with Crippen LogP contribution in [0.25, 0.3) is 0 Å². The second-order valence-electron chi connectivity index (χ2n) is 7.09. The van der Waals surface area contributed by atoms with E-state index in [1.807, 2.05) is 4.90 Å². The van der Waals surface area contributed by atoms with Gasteiger partial charge in [-0.25, -0.2) is 8.42 Å². The molecule has 0 bridgehead atoms. The van der Waals surface area contributed by atoms with Crippen LogP contribution < -0.4 is 5.32 Å². The van der Waals surface area contributed by atoms with E-state index in [0.717, 1.165) is 71.4 Å². The first-order chi connectivity index (χ1) is 11.1. The summed E-state index contributed by atoms with van der Waals surface area (Å²) in [5.74, 6) is 0.0508. The number of hydrogen-bond donors (Lipinski definition) is 1. The molecular formula is C16H29N3O3S. The molecule has 0 spiro atoms. The molecule has 1 aliphatic carbocycles. The fourth-order valence-corrected chi connectivity index (χ4v) is 5.96. The van der Waals surface area contributed by atoms with E-state index in [1.54, 1.807) is 0 Å². The van der Waals surface area contributed by atoms with E-state index in [1.165, 1.54) is 0 Å². The van der Waals surface area contributed by atoms with E-state index in [-0.39, 0.29) is 23.3 Å². The van der Waals surface area contributed by atoms with Crippen LogP contribution in [-0.2, 0) is 14.6 Å². The molecule has 2 aliphatic heterocycles. The molecule has 7 heteroatoms. The molecule has 1 unspecified atom stereocenters. The highest BCUT2D eigenvalue weighted by Crippen LogP contribution is 2.26. The first-order valence-electron chi connectivity index (χ1n) is 9.00. The molecule has 1 atom stereocenters. The molecule has 2 heterocycles. The number of hydrogen-bond acceptors (Lipinski definition) is 5. The third kappa shape index (κ3) is 4.25. The summed E-state index contributed by atoms with van der Waals surface area (Å²) in [6.45, 7) is 5.67. The number of carbonyl (C=O) groups excluding carboxylic acids is 1. The highest BCUT2D eigenvalue weighted by Gasteiger charge is 2.33. The van der Waals surface area contributed by atoms with Crippen LogP contribution in [0.3, 0.4) is 0 Å². The predicted molar refractivity (Wildman–Crippen MR) is 90.1 cm³/mol. The third-order valence-electron chi connectivity index (χ3n) is 5.59. The van der Waals surface area contributed by atoms with Crippen LogP contribution in [-0.4, -0.2) is 80.4 Å². The maximum absolute atomic E-state index is 12.4. The molecule has 2 saturated heterocycles. The van der Waals surface area contributed by atoms with Crippen molar-refractivity contribution < 1.29 is 13.2 Å². The minimum atomic E-state index is -3.08. The van der Waals surface area contributed by atoms with Crippen LogP contribution in [0.5, 0.6) is 0 Å². The molecular weight excluding hydrogens is 314 g/mol. The zero-order valence-corrected chi connectivity index (χ0v) is 14.7. The van der Waals surface area contributed by atoms with Gasteiger partial charge in [0.1, 0.15) is 0 Å². The van der Waals surface area contributed by atoms with Crippen molar-refractivity contribution in [3.8, 4) is 0 Å². The number of sulfone groups is 1. The molecule has 132 valence electrons. The molecule has 3 fully saturated rings. The van der Waals surface area contributed by atoms with Crippen LogP contribution in [0.4, 0.5) is 0 Å². The Bertz CT molecular complexity index is 511. The van der Waals surface area contributed by atoms with Gasteiger partial charge in [0.05, 0.1) is 11.0 Å². The van der Waals surface area contributed by atoms with Gasteiger partial charge in [-0.15, -0.1) is 0 Å². The topological polar surface area (TPSA) is 69.7 Å². The maximum Gasteiger partial charge on any atom is 0.223 e. The molecule has 0 radical (unpaired) electrons. The summed E-state index contributed by atoms with van der Waals surface area (Å²) in [5, 5.41) is 3.15. The lowest BCUT2D eigenvalue weighted by Crippen LogP contribution is -2.49. The first-order valence-corrected chi connectivity index (χ1v) is 10.7. The van der Waals surface area contributed by atoms with Crippen LogP contribution >= 0.6 is 0 Å². The Kier molecular flexibility index (Phi) is 5.59. The molecule has 6 nitrogen and oxygen atoms in total. The molecule has 0 aromatic carbocycles. The second kappa shape index (κ2) is 7.49. The van der Waals surface area contributed by atoms with E-state index < -0.39 is 9.84 Å². The lowest BCUT2D eigenvalue weighted by Gasteiger charge is -2.32. The van der Waals surface area contributed by atoms with Gasteiger partial charge in [-0.1, -0.05) is 12.8 Å². The minimum Gasteiger partial charge on any atom is -0.341 e. The van der Waals surface area contributed by atoms with Crippen LogP contribution in [0.2, 0.25) is 0 Å². The zero-order valence-electron chi connectivity index (χ0n) is 13.9. The van der Waals surface area contributed by atoms with Gasteiger partial charge in [0.25, 0.3) is 0 Å². The SMILES string of the molecule is O=C(CCS(=O)(=O)C1CCCC1)N1CCC(N2CCNCC2)C1. The Balaban J connectivity index is 1.45. The summed E-state index contributed by atoms with van der Waals surface area (Å²) >= 11 is 0. The van der Waals surface area contributed by atoms with Gasteiger partial charge >= 0.3 is 0 Å². The number of carbonyl (C=O) groups is 1. The van der Waals surface area contributed by atoms with Crippen molar-refractivity contribution in [3.63, 3.8) is 0 Å². The number of rotatable bonds is 5. The van der Waals surface area contributed by atoms with E-state index in [4.69, 9.17) is 0 Å². The quantitative estimate of drug-likeness (QED) is 0.774. The van der Waals surface area contributed by atoms with E-state index >= 15 is 0 Å². The van der Waals surface area contributed by atoms with Gasteiger partial charge in [-0.2, -0.15) is 0 Å². The molecule has 3 aliphatic rings. The van der Waals surface area contributed by atoms with E-state index in [9.17, 15) is 13.2 Å². The molecule has 1 saturated carbocycles. The Hall–Kier alpha value is -0.660. The average molecular weight is 343 g/mol. The standard InChI is InChI=1S/C16H29N3O3S/c20-16(6-12-23(21,22)15-3-1-2-4-15)19-9-5-14(13-19)18-10-7-17-8-11-18/h14-15,17H,1-13H2. The fraction of sp³-hybridized carbons (Fsp3) is 0.938. The van der Waals surface area contributed by atoms with Gasteiger partial charge < -0.3 is 10.2 Å². The van der Waals surface area contributed by atoms with Crippen molar-refractivity contribution in [2.75, 3.05) is 45.0 Å². The maximum atomic E-state index is 12.4. The van der Waals surface area contributed by atoms with Gasteiger partial charge in [0.15, 0.2) is 9.84 Å². The van der Waals surface area contributed by atoms with Gasteiger partial charge in [-0.05, 0) is 19.3 Å². The Morgan fingerprint density at radius 3 is 2.43 bits per heavy atom. The summed E-state index contributed by atoms with van der Waals surface area (Å²) in [4.78, 5) is 16.7. The lowest BCUT2D eigenvalue weighted by molar-refractivity contribution is -0.129. The monoisotopic (exact) mass is 343 g/mol. The minimum absolute atomic E-state index is 0.0178. The van der Waals surface area contributed by atoms with Crippen molar-refractivity contribution in [1.82, 2.24) is 15.1 Å². The Morgan fingerprint density at radius 1 is 1.04 bits per heavy atom. The van der Waals surface area contributed by atoms with Gasteiger partial charge in [-0.3, -0.25) is 9.69 Å². The lowest BCUT2D eigenvalue weighted by atomic mass is 10.2. The van der Waals surface area contributed by atoms with Gasteiger partial charge in [0, 0.05) is 51.7 Å². The van der Waals surface area contributed by atoms with Crippen molar-refractivity contribution in [2.24, 2.45) is 0 Å². The van der Waals surface area contributed by atoms with Crippen LogP contribution in [0.15, 0.2) is 0 Å². The summed E-state index contributed by atoms with van der Waals surface area (Å²) < 4.78 is 24.6. The Morgan fingerprint density at radius 2 is 1.74 bits per heavy atom. The number of likely N-dealkylation sites (tertiary alicyclic amines) is 1. The molecule has 0 aromatic heterocycles. The van der Waals surface area contributed by atoms with Gasteiger partial charge in [0.2, 0.25) is 5.91 Å². The first kappa shape index (κ1) is 17.2. The highest BCUT2D eigenvalue weighted by atomic mass is 32.2. The van der Waals surface area contributed by atoms with E-state index in [0.29, 0.717) is 6.04 Å². The Labute approximate surface area is 139 Å². The number of amides is 1.